The Kier molecular flexibility index (Phi) is 3.85. The van der Waals surface area contributed by atoms with Crippen LogP contribution in [0.1, 0.15) is 27.7 Å². The largest absolute Gasteiger partial charge is 0.373 e. The van der Waals surface area contributed by atoms with Gasteiger partial charge in [0.25, 0.3) is 0 Å². The van der Waals surface area contributed by atoms with E-state index in [4.69, 9.17) is 4.74 Å². The van der Waals surface area contributed by atoms with Crippen molar-refractivity contribution >= 4 is 11.7 Å². The number of aliphatic imine (C=N–C) groups is 1. The first kappa shape index (κ1) is 12.2. The maximum absolute atomic E-state index is 11.6. The van der Waals surface area contributed by atoms with E-state index in [-0.39, 0.29) is 24.0 Å². The minimum atomic E-state index is -0.253. The van der Waals surface area contributed by atoms with Crippen LogP contribution in [0.5, 0.6) is 0 Å². The topological polar surface area (TPSA) is 50.7 Å². The molecule has 0 aromatic heterocycles. The second kappa shape index (κ2) is 4.75. The number of amidine groups is 1. The van der Waals surface area contributed by atoms with Crippen LogP contribution in [-0.4, -0.2) is 31.0 Å². The first-order valence-corrected chi connectivity index (χ1v) is 5.38. The van der Waals surface area contributed by atoms with Crippen LogP contribution in [0.3, 0.4) is 0 Å². The van der Waals surface area contributed by atoms with Gasteiger partial charge < -0.3 is 10.1 Å². The molecule has 15 heavy (non-hydrogen) atoms. The van der Waals surface area contributed by atoms with E-state index >= 15 is 0 Å². The minimum absolute atomic E-state index is 0.0114. The molecule has 1 amide bonds. The van der Waals surface area contributed by atoms with Crippen molar-refractivity contribution in [1.29, 1.82) is 0 Å². The minimum Gasteiger partial charge on any atom is -0.373 e. The predicted octanol–water partition coefficient (Wildman–Crippen LogP) is 1.21. The second-order valence-electron chi connectivity index (χ2n) is 4.59. The van der Waals surface area contributed by atoms with E-state index in [0.29, 0.717) is 11.8 Å². The van der Waals surface area contributed by atoms with Crippen molar-refractivity contribution in [3.8, 4) is 0 Å². The fourth-order valence-corrected chi connectivity index (χ4v) is 1.74. The van der Waals surface area contributed by atoms with Crippen molar-refractivity contribution < 1.29 is 9.53 Å². The van der Waals surface area contributed by atoms with E-state index in [1.54, 1.807) is 7.11 Å². The number of hydrogen-bond donors (Lipinski definition) is 1. The van der Waals surface area contributed by atoms with Gasteiger partial charge in [-0.25, -0.2) is 0 Å². The third-order valence-corrected chi connectivity index (χ3v) is 2.56. The summed E-state index contributed by atoms with van der Waals surface area (Å²) >= 11 is 0. The Labute approximate surface area is 91.1 Å². The third kappa shape index (κ3) is 2.56. The number of nitrogens with zero attached hydrogens (tertiary/aromatic N) is 1. The molecule has 1 aliphatic rings. The number of methoxy groups -OCH3 is 1. The molecule has 0 aliphatic carbocycles. The average Bonchev–Trinajstić information content (AvgIpc) is 2.48. The molecule has 4 nitrogen and oxygen atoms in total. The van der Waals surface area contributed by atoms with Crippen LogP contribution in [0.25, 0.3) is 0 Å². The van der Waals surface area contributed by atoms with Gasteiger partial charge in [0.05, 0.1) is 0 Å². The number of hydrogen-bond acceptors (Lipinski definition) is 3. The summed E-state index contributed by atoms with van der Waals surface area (Å²) in [6.45, 7) is 8.08. The van der Waals surface area contributed by atoms with E-state index in [0.717, 1.165) is 0 Å². The molecule has 1 N–H and O–H groups in total. The standard InChI is InChI=1S/C11H20N2O2/c1-6(2)8-11(14)13-10(12-8)9(15-5)7(3)4/h6-9H,1-5H3,(H,12,13,14). The van der Waals surface area contributed by atoms with Gasteiger partial charge in [0.2, 0.25) is 5.91 Å². The third-order valence-electron chi connectivity index (χ3n) is 2.56. The number of carbonyl (C=O) groups is 1. The highest BCUT2D eigenvalue weighted by molar-refractivity contribution is 6.07. The fourth-order valence-electron chi connectivity index (χ4n) is 1.74. The van der Waals surface area contributed by atoms with Crippen LogP contribution in [0.15, 0.2) is 4.99 Å². The van der Waals surface area contributed by atoms with Gasteiger partial charge in [0, 0.05) is 7.11 Å². The highest BCUT2D eigenvalue weighted by atomic mass is 16.5. The van der Waals surface area contributed by atoms with Gasteiger partial charge in [0.1, 0.15) is 18.0 Å². The molecule has 0 saturated carbocycles. The van der Waals surface area contributed by atoms with Crippen molar-refractivity contribution in [2.45, 2.75) is 39.8 Å². The molecule has 86 valence electrons. The Morgan fingerprint density at radius 2 is 1.93 bits per heavy atom. The van der Waals surface area contributed by atoms with Crippen LogP contribution < -0.4 is 5.32 Å². The van der Waals surface area contributed by atoms with Gasteiger partial charge in [-0.2, -0.15) is 0 Å². The van der Waals surface area contributed by atoms with Crippen molar-refractivity contribution in [1.82, 2.24) is 5.32 Å². The van der Waals surface area contributed by atoms with E-state index in [1.165, 1.54) is 0 Å². The van der Waals surface area contributed by atoms with Crippen molar-refractivity contribution in [2.24, 2.45) is 16.8 Å². The van der Waals surface area contributed by atoms with Crippen molar-refractivity contribution in [3.05, 3.63) is 0 Å². The van der Waals surface area contributed by atoms with Gasteiger partial charge in [0.15, 0.2) is 0 Å². The lowest BCUT2D eigenvalue weighted by Crippen LogP contribution is -2.39. The van der Waals surface area contributed by atoms with E-state index < -0.39 is 0 Å². The van der Waals surface area contributed by atoms with E-state index in [1.807, 2.05) is 27.7 Å². The Morgan fingerprint density at radius 3 is 2.27 bits per heavy atom. The molecule has 1 heterocycles. The highest BCUT2D eigenvalue weighted by Crippen LogP contribution is 2.16. The number of carbonyl (C=O) groups excluding carboxylic acids is 1. The molecular formula is C11H20N2O2. The molecule has 1 aliphatic heterocycles. The number of nitrogens with one attached hydrogen (secondary N) is 1. The lowest BCUT2D eigenvalue weighted by molar-refractivity contribution is -0.120. The van der Waals surface area contributed by atoms with Gasteiger partial charge in [-0.15, -0.1) is 0 Å². The molecule has 0 aromatic carbocycles. The monoisotopic (exact) mass is 212 g/mol. The Bertz CT molecular complexity index is 272. The zero-order valence-corrected chi connectivity index (χ0v) is 10.1. The number of rotatable bonds is 4. The van der Waals surface area contributed by atoms with Crippen LogP contribution in [0.2, 0.25) is 0 Å². The number of amides is 1. The molecule has 4 heteroatoms. The average molecular weight is 212 g/mol. The van der Waals surface area contributed by atoms with E-state index in [9.17, 15) is 4.79 Å². The van der Waals surface area contributed by atoms with Crippen LogP contribution >= 0.6 is 0 Å². The van der Waals surface area contributed by atoms with Crippen LogP contribution in [-0.2, 0) is 9.53 Å². The Hall–Kier alpha value is -0.900. The highest BCUT2D eigenvalue weighted by Gasteiger charge is 2.33. The Balaban J connectivity index is 2.80. The smallest absolute Gasteiger partial charge is 0.250 e. The van der Waals surface area contributed by atoms with Crippen molar-refractivity contribution in [2.75, 3.05) is 7.11 Å². The normalized spacial score (nSPS) is 23.3. The van der Waals surface area contributed by atoms with Gasteiger partial charge in [-0.05, 0) is 11.8 Å². The van der Waals surface area contributed by atoms with Gasteiger partial charge >= 0.3 is 0 Å². The molecule has 0 radical (unpaired) electrons. The lowest BCUT2D eigenvalue weighted by atomic mass is 10.1. The molecule has 0 fully saturated rings. The molecule has 2 unspecified atom stereocenters. The van der Waals surface area contributed by atoms with E-state index in [2.05, 4.69) is 10.3 Å². The molecular weight excluding hydrogens is 192 g/mol. The summed E-state index contributed by atoms with van der Waals surface area (Å²) in [5.41, 5.74) is 0. The fraction of sp³-hybridized carbons (Fsp3) is 0.818. The van der Waals surface area contributed by atoms with Gasteiger partial charge in [-0.3, -0.25) is 9.79 Å². The maximum Gasteiger partial charge on any atom is 0.250 e. The number of ether oxygens (including phenoxy) is 1. The zero-order valence-electron chi connectivity index (χ0n) is 10.1. The molecule has 2 atom stereocenters. The summed E-state index contributed by atoms with van der Waals surface area (Å²) in [7, 11) is 1.64. The molecule has 0 saturated heterocycles. The summed E-state index contributed by atoms with van der Waals surface area (Å²) < 4.78 is 5.33. The first-order valence-electron chi connectivity index (χ1n) is 5.38. The summed E-state index contributed by atoms with van der Waals surface area (Å²) in [6.07, 6.45) is -0.113. The van der Waals surface area contributed by atoms with Crippen LogP contribution in [0.4, 0.5) is 0 Å². The van der Waals surface area contributed by atoms with Gasteiger partial charge in [-0.1, -0.05) is 27.7 Å². The predicted molar refractivity (Wildman–Crippen MR) is 59.8 cm³/mol. The second-order valence-corrected chi connectivity index (χ2v) is 4.59. The molecule has 0 spiro atoms. The quantitative estimate of drug-likeness (QED) is 0.761. The van der Waals surface area contributed by atoms with Crippen molar-refractivity contribution in [3.63, 3.8) is 0 Å². The SMILES string of the molecule is COC(C1=NC(C(C)C)C(=O)N1)C(C)C. The maximum atomic E-state index is 11.6. The summed E-state index contributed by atoms with van der Waals surface area (Å²) in [5.74, 6) is 1.20. The summed E-state index contributed by atoms with van der Waals surface area (Å²) in [5, 5.41) is 2.80. The summed E-state index contributed by atoms with van der Waals surface area (Å²) in [6, 6.07) is -0.253. The molecule has 0 bridgehead atoms. The molecule has 0 aromatic rings. The summed E-state index contributed by atoms with van der Waals surface area (Å²) in [4.78, 5) is 16.0. The van der Waals surface area contributed by atoms with Crippen LogP contribution in [0, 0.1) is 11.8 Å². The first-order chi connectivity index (χ1) is 6.97. The lowest BCUT2D eigenvalue weighted by Gasteiger charge is -2.18. The zero-order chi connectivity index (χ0) is 11.6. The Morgan fingerprint density at radius 1 is 1.33 bits per heavy atom. The molecule has 1 rings (SSSR count).